The predicted octanol–water partition coefficient (Wildman–Crippen LogP) is 4.21. The molecule has 2 aromatic carbocycles. The number of carbonyl (C=O) groups excluding carboxylic acids is 1. The van der Waals surface area contributed by atoms with Crippen molar-refractivity contribution in [3.8, 4) is 5.75 Å². The Bertz CT molecular complexity index is 790. The third-order valence-corrected chi connectivity index (χ3v) is 6.36. The van der Waals surface area contributed by atoms with Gasteiger partial charge in [0.25, 0.3) is 0 Å². The van der Waals surface area contributed by atoms with Gasteiger partial charge in [0.2, 0.25) is 5.91 Å². The molecular weight excluding hydrogens is 350 g/mol. The summed E-state index contributed by atoms with van der Waals surface area (Å²) in [5.74, 6) is 1.19. The molecule has 2 aliphatic carbocycles. The summed E-state index contributed by atoms with van der Waals surface area (Å²) in [5, 5.41) is 12.7. The predicted molar refractivity (Wildman–Crippen MR) is 109 cm³/mol. The summed E-state index contributed by atoms with van der Waals surface area (Å²) in [4.78, 5) is 12.6. The van der Waals surface area contributed by atoms with Crippen LogP contribution in [0.2, 0.25) is 0 Å². The minimum atomic E-state index is -0.422. The Morgan fingerprint density at radius 3 is 2.39 bits per heavy atom. The van der Waals surface area contributed by atoms with E-state index in [2.05, 4.69) is 5.32 Å². The highest BCUT2D eigenvalue weighted by molar-refractivity contribution is 5.83. The molecule has 4 nitrogen and oxygen atoms in total. The Morgan fingerprint density at radius 2 is 1.79 bits per heavy atom. The smallest absolute Gasteiger partial charge is 0.227 e. The van der Waals surface area contributed by atoms with Gasteiger partial charge in [-0.2, -0.15) is 0 Å². The highest BCUT2D eigenvalue weighted by Crippen LogP contribution is 2.63. The lowest BCUT2D eigenvalue weighted by molar-refractivity contribution is -0.123. The fourth-order valence-electron chi connectivity index (χ4n) is 4.30. The molecule has 0 bridgehead atoms. The molecule has 0 aliphatic heterocycles. The summed E-state index contributed by atoms with van der Waals surface area (Å²) in [6.07, 6.45) is 5.47. The Hall–Kier alpha value is -2.33. The molecule has 2 aromatic rings. The maximum absolute atomic E-state index is 12.6. The van der Waals surface area contributed by atoms with Gasteiger partial charge in [0.15, 0.2) is 0 Å². The van der Waals surface area contributed by atoms with Crippen LogP contribution >= 0.6 is 0 Å². The molecule has 0 saturated heterocycles. The molecule has 2 atom stereocenters. The number of carbonyl (C=O) groups is 1. The van der Waals surface area contributed by atoms with E-state index in [-0.39, 0.29) is 18.4 Å². The minimum absolute atomic E-state index is 0.0930. The second-order valence-corrected chi connectivity index (χ2v) is 8.53. The molecule has 2 fully saturated rings. The minimum Gasteiger partial charge on any atom is -0.493 e. The third-order valence-electron chi connectivity index (χ3n) is 6.36. The van der Waals surface area contributed by atoms with Gasteiger partial charge in [-0.1, -0.05) is 42.5 Å². The van der Waals surface area contributed by atoms with Crippen molar-refractivity contribution in [2.75, 3.05) is 13.2 Å². The summed E-state index contributed by atoms with van der Waals surface area (Å²) in [6, 6.07) is 16.9. The highest BCUT2D eigenvalue weighted by atomic mass is 16.5. The average Bonchev–Trinajstić information content (AvgIpc) is 3.51. The first-order valence-corrected chi connectivity index (χ1v) is 10.3. The van der Waals surface area contributed by atoms with Crippen molar-refractivity contribution in [3.63, 3.8) is 0 Å². The van der Waals surface area contributed by atoms with E-state index >= 15 is 0 Å². The van der Waals surface area contributed by atoms with Crippen molar-refractivity contribution >= 4 is 5.91 Å². The number of benzene rings is 2. The molecular formula is C24H29NO3. The lowest BCUT2D eigenvalue weighted by atomic mass is 9.72. The van der Waals surface area contributed by atoms with Gasteiger partial charge in [0.1, 0.15) is 5.75 Å². The normalized spacial score (nSPS) is 19.5. The third kappa shape index (κ3) is 4.22. The number of amides is 1. The van der Waals surface area contributed by atoms with Crippen LogP contribution in [0, 0.1) is 11.3 Å². The van der Waals surface area contributed by atoms with Crippen LogP contribution in [0.15, 0.2) is 54.6 Å². The van der Waals surface area contributed by atoms with E-state index in [0.29, 0.717) is 11.3 Å². The first-order valence-electron chi connectivity index (χ1n) is 10.3. The molecule has 28 heavy (non-hydrogen) atoms. The number of hydrogen-bond acceptors (Lipinski definition) is 3. The van der Waals surface area contributed by atoms with Crippen LogP contribution in [0.4, 0.5) is 0 Å². The summed E-state index contributed by atoms with van der Waals surface area (Å²) in [7, 11) is 0. The number of aliphatic hydroxyl groups excluding tert-OH is 1. The van der Waals surface area contributed by atoms with Gasteiger partial charge in [-0.3, -0.25) is 4.79 Å². The first kappa shape index (κ1) is 19.0. The second kappa shape index (κ2) is 7.96. The van der Waals surface area contributed by atoms with Crippen LogP contribution in [-0.4, -0.2) is 24.2 Å². The topological polar surface area (TPSA) is 58.6 Å². The molecule has 0 aromatic heterocycles. The number of ether oxygens (including phenoxy) is 1. The Morgan fingerprint density at radius 1 is 1.11 bits per heavy atom. The van der Waals surface area contributed by atoms with Gasteiger partial charge >= 0.3 is 0 Å². The Balaban J connectivity index is 1.30. The van der Waals surface area contributed by atoms with E-state index < -0.39 is 6.04 Å². The van der Waals surface area contributed by atoms with Gasteiger partial charge in [-0.25, -0.2) is 0 Å². The monoisotopic (exact) mass is 379 g/mol. The maximum atomic E-state index is 12.6. The Kier molecular flexibility index (Phi) is 5.40. The van der Waals surface area contributed by atoms with Crippen molar-refractivity contribution in [1.82, 2.24) is 5.32 Å². The van der Waals surface area contributed by atoms with Crippen LogP contribution < -0.4 is 10.1 Å². The van der Waals surface area contributed by atoms with Gasteiger partial charge in [0.05, 0.1) is 25.2 Å². The van der Waals surface area contributed by atoms with Crippen molar-refractivity contribution in [2.24, 2.45) is 11.3 Å². The maximum Gasteiger partial charge on any atom is 0.227 e. The molecule has 1 amide bonds. The molecule has 2 aliphatic rings. The average molecular weight is 380 g/mol. The summed E-state index contributed by atoms with van der Waals surface area (Å²) < 4.78 is 5.93. The summed E-state index contributed by atoms with van der Waals surface area (Å²) in [5.41, 5.74) is 2.55. The zero-order chi connectivity index (χ0) is 19.6. The van der Waals surface area contributed by atoms with E-state index in [4.69, 9.17) is 4.74 Å². The van der Waals surface area contributed by atoms with Crippen LogP contribution in [0.1, 0.15) is 55.7 Å². The number of rotatable bonds is 8. The van der Waals surface area contributed by atoms with Gasteiger partial charge in [-0.15, -0.1) is 0 Å². The molecule has 4 rings (SSSR count). The van der Waals surface area contributed by atoms with Crippen LogP contribution in [0.25, 0.3) is 0 Å². The summed E-state index contributed by atoms with van der Waals surface area (Å²) >= 11 is 0. The van der Waals surface area contributed by atoms with E-state index in [1.165, 1.54) is 25.7 Å². The summed E-state index contributed by atoms with van der Waals surface area (Å²) in [6.45, 7) is 2.52. The van der Waals surface area contributed by atoms with E-state index in [1.54, 1.807) is 0 Å². The fraction of sp³-hybridized carbons (Fsp3) is 0.458. The van der Waals surface area contributed by atoms with Gasteiger partial charge in [0, 0.05) is 0 Å². The molecule has 0 heterocycles. The standard InChI is InChI=1S/C24H29NO3/c1-17(19-5-3-2-4-6-19)23(27)25-22(15-26)20-7-9-21(10-8-20)28-16-18-13-24(14-18)11-12-24/h2-10,17-18,22,26H,11-16H2,1H3,(H,25,27)/t17-,22-/m0/s1. The number of hydrogen-bond donors (Lipinski definition) is 2. The van der Waals surface area contributed by atoms with Crippen LogP contribution in [0.5, 0.6) is 5.75 Å². The quantitative estimate of drug-likeness (QED) is 0.722. The highest BCUT2D eigenvalue weighted by Gasteiger charge is 2.52. The number of aliphatic hydroxyl groups is 1. The molecule has 0 radical (unpaired) electrons. The van der Waals surface area contributed by atoms with Crippen LogP contribution in [0.3, 0.4) is 0 Å². The molecule has 148 valence electrons. The first-order chi connectivity index (χ1) is 13.6. The van der Waals surface area contributed by atoms with E-state index in [0.717, 1.165) is 23.5 Å². The van der Waals surface area contributed by atoms with Crippen LogP contribution in [-0.2, 0) is 4.79 Å². The van der Waals surface area contributed by atoms with E-state index in [1.807, 2.05) is 61.5 Å². The van der Waals surface area contributed by atoms with E-state index in [9.17, 15) is 9.90 Å². The zero-order valence-electron chi connectivity index (χ0n) is 16.4. The fourth-order valence-corrected chi connectivity index (χ4v) is 4.30. The van der Waals surface area contributed by atoms with Crippen molar-refractivity contribution in [3.05, 3.63) is 65.7 Å². The van der Waals surface area contributed by atoms with Crippen molar-refractivity contribution in [1.29, 1.82) is 0 Å². The second-order valence-electron chi connectivity index (χ2n) is 8.53. The SMILES string of the molecule is C[C@H](C(=O)N[C@@H](CO)c1ccc(OCC2CC3(CC3)C2)cc1)c1ccccc1. The Labute approximate surface area is 166 Å². The van der Waals surface area contributed by atoms with Gasteiger partial charge < -0.3 is 15.2 Å². The largest absolute Gasteiger partial charge is 0.493 e. The van der Waals surface area contributed by atoms with Gasteiger partial charge in [-0.05, 0) is 67.2 Å². The molecule has 4 heteroatoms. The molecule has 1 spiro atoms. The zero-order valence-corrected chi connectivity index (χ0v) is 16.4. The van der Waals surface area contributed by atoms with Crippen molar-refractivity contribution < 1.29 is 14.6 Å². The molecule has 2 saturated carbocycles. The lowest BCUT2D eigenvalue weighted by Crippen LogP contribution is -2.33. The lowest BCUT2D eigenvalue weighted by Gasteiger charge is -2.35. The van der Waals surface area contributed by atoms with Crippen molar-refractivity contribution in [2.45, 2.75) is 44.6 Å². The molecule has 0 unspecified atom stereocenters. The molecule has 2 N–H and O–H groups in total. The number of nitrogens with one attached hydrogen (secondary N) is 1.